The Morgan fingerprint density at radius 2 is 0.333 bits per heavy atom. The maximum absolute atomic E-state index is 0. The van der Waals surface area contributed by atoms with E-state index >= 15 is 0 Å². The van der Waals surface area contributed by atoms with Gasteiger partial charge in [0.1, 0.15) is 0 Å². The van der Waals surface area contributed by atoms with Gasteiger partial charge in [0.15, 0.2) is 0 Å². The van der Waals surface area contributed by atoms with Crippen LogP contribution in [0.3, 0.4) is 0 Å². The molecule has 0 aromatic heterocycles. The SMILES string of the molecule is Cl.Cl.Cl.Cl.Cl.Cl.[Ir].[NaH].[NaH]. The fourth-order valence-corrected chi connectivity index (χ4v) is 0. The van der Waals surface area contributed by atoms with Crippen molar-refractivity contribution in [3.05, 3.63) is 0 Å². The fraction of sp³-hybridized carbons (Fsp3) is 0. The van der Waals surface area contributed by atoms with E-state index in [0.717, 1.165) is 0 Å². The fourth-order valence-electron chi connectivity index (χ4n) is 0. The van der Waals surface area contributed by atoms with Crippen molar-refractivity contribution in [3.8, 4) is 0 Å². The summed E-state index contributed by atoms with van der Waals surface area (Å²) in [6.45, 7) is 0. The van der Waals surface area contributed by atoms with E-state index in [-0.39, 0.29) is 154 Å². The van der Waals surface area contributed by atoms with Gasteiger partial charge in [-0.3, -0.25) is 0 Å². The van der Waals surface area contributed by atoms with Crippen LogP contribution in [0.4, 0.5) is 0 Å². The molecule has 0 nitrogen and oxygen atoms in total. The molecular formula is H8Cl6IrNa2. The summed E-state index contributed by atoms with van der Waals surface area (Å²) in [4.78, 5) is 0. The molecule has 0 amide bonds. The van der Waals surface area contributed by atoms with Crippen LogP contribution in [0.5, 0.6) is 0 Å². The van der Waals surface area contributed by atoms with Crippen molar-refractivity contribution in [2.24, 2.45) is 0 Å². The number of hydrogen-bond donors (Lipinski definition) is 0. The van der Waals surface area contributed by atoms with Gasteiger partial charge in [-0.1, -0.05) is 0 Å². The van der Waals surface area contributed by atoms with E-state index in [2.05, 4.69) is 0 Å². The summed E-state index contributed by atoms with van der Waals surface area (Å²) in [6.07, 6.45) is 0. The van der Waals surface area contributed by atoms with Crippen molar-refractivity contribution in [2.45, 2.75) is 0 Å². The third-order valence-electron chi connectivity index (χ3n) is 0. The Morgan fingerprint density at radius 1 is 0.333 bits per heavy atom. The van der Waals surface area contributed by atoms with E-state index in [4.69, 9.17) is 0 Å². The average molecular weight is 459 g/mol. The first-order valence-corrected chi connectivity index (χ1v) is 0. The second-order valence-corrected chi connectivity index (χ2v) is 0. The summed E-state index contributed by atoms with van der Waals surface area (Å²) < 4.78 is 0. The third kappa shape index (κ3) is 69.4. The molecule has 0 fully saturated rings. The molecule has 0 unspecified atom stereocenters. The summed E-state index contributed by atoms with van der Waals surface area (Å²) in [5.41, 5.74) is 0. The van der Waals surface area contributed by atoms with Crippen LogP contribution in [0.2, 0.25) is 0 Å². The second-order valence-electron chi connectivity index (χ2n) is 0. The zero-order valence-electron chi connectivity index (χ0n) is 2.78. The van der Waals surface area contributed by atoms with Gasteiger partial charge >= 0.3 is 59.1 Å². The molecule has 0 aromatic rings. The number of rotatable bonds is 0. The zero-order valence-corrected chi connectivity index (χ0v) is 10.1. The number of halogens is 6. The van der Waals surface area contributed by atoms with E-state index in [0.29, 0.717) is 0 Å². The molecular weight excluding hydrogens is 451 g/mol. The van der Waals surface area contributed by atoms with Gasteiger partial charge in [-0.05, 0) is 0 Å². The van der Waals surface area contributed by atoms with Crippen molar-refractivity contribution < 1.29 is 20.1 Å². The molecule has 61 valence electrons. The minimum atomic E-state index is 0. The van der Waals surface area contributed by atoms with Gasteiger partial charge in [0, 0.05) is 20.1 Å². The van der Waals surface area contributed by atoms with Crippen molar-refractivity contribution in [1.82, 2.24) is 0 Å². The van der Waals surface area contributed by atoms with E-state index < -0.39 is 0 Å². The molecule has 0 saturated carbocycles. The molecule has 0 aliphatic carbocycles. The van der Waals surface area contributed by atoms with E-state index in [9.17, 15) is 0 Å². The van der Waals surface area contributed by atoms with Gasteiger partial charge in [0.05, 0.1) is 0 Å². The van der Waals surface area contributed by atoms with Crippen LogP contribution in [0.1, 0.15) is 0 Å². The standard InChI is InChI=1S/6ClH.Ir.2Na.2H/h6*1H;;;;;. The van der Waals surface area contributed by atoms with Gasteiger partial charge in [-0.15, -0.1) is 74.4 Å². The molecule has 0 N–H and O–H groups in total. The average Bonchev–Trinajstić information content (AvgIpc) is 0. The summed E-state index contributed by atoms with van der Waals surface area (Å²) in [5, 5.41) is 0. The van der Waals surface area contributed by atoms with Crippen LogP contribution in [0, 0.1) is 0 Å². The summed E-state index contributed by atoms with van der Waals surface area (Å²) >= 11 is 0. The normalized spacial score (nSPS) is 0. The van der Waals surface area contributed by atoms with Crippen molar-refractivity contribution in [3.63, 3.8) is 0 Å². The van der Waals surface area contributed by atoms with Crippen LogP contribution in [0.25, 0.3) is 0 Å². The predicted octanol–water partition coefficient (Wildman–Crippen LogP) is 1.23. The van der Waals surface area contributed by atoms with E-state index in [1.54, 1.807) is 0 Å². The van der Waals surface area contributed by atoms with Crippen LogP contribution in [-0.2, 0) is 20.1 Å². The molecule has 0 spiro atoms. The van der Waals surface area contributed by atoms with E-state index in [1.165, 1.54) is 0 Å². The van der Waals surface area contributed by atoms with Crippen molar-refractivity contribution in [2.75, 3.05) is 0 Å². The summed E-state index contributed by atoms with van der Waals surface area (Å²) in [6, 6.07) is 0. The third-order valence-corrected chi connectivity index (χ3v) is 0. The molecule has 0 heterocycles. The first-order chi connectivity index (χ1) is 0. The van der Waals surface area contributed by atoms with Gasteiger partial charge in [0.25, 0.3) is 0 Å². The Morgan fingerprint density at radius 3 is 0.333 bits per heavy atom. The molecule has 0 saturated heterocycles. The molecule has 0 aliphatic rings. The van der Waals surface area contributed by atoms with Gasteiger partial charge in [0.2, 0.25) is 0 Å². The van der Waals surface area contributed by atoms with Crippen LogP contribution < -0.4 is 0 Å². The Bertz CT molecular complexity index is 11.0. The van der Waals surface area contributed by atoms with E-state index in [1.807, 2.05) is 0 Å². The van der Waals surface area contributed by atoms with Gasteiger partial charge < -0.3 is 0 Å². The first kappa shape index (κ1) is 107. The van der Waals surface area contributed by atoms with Crippen LogP contribution in [-0.4, -0.2) is 59.1 Å². The van der Waals surface area contributed by atoms with Crippen LogP contribution in [0.15, 0.2) is 0 Å². The van der Waals surface area contributed by atoms with Crippen LogP contribution >= 0.6 is 74.4 Å². The quantitative estimate of drug-likeness (QED) is 0.479. The van der Waals surface area contributed by atoms with Gasteiger partial charge in [-0.2, -0.15) is 0 Å². The Labute approximate surface area is 151 Å². The molecule has 9 heavy (non-hydrogen) atoms. The molecule has 9 heteroatoms. The maximum atomic E-state index is 0. The first-order valence-electron chi connectivity index (χ1n) is 0. The second kappa shape index (κ2) is 83.4. The molecule has 0 bridgehead atoms. The molecule has 1 radical (unpaired) electrons. The molecule has 0 aliphatic heterocycles. The minimum absolute atomic E-state index is 0. The Kier molecular flexibility index (Phi) is 989. The van der Waals surface area contributed by atoms with Gasteiger partial charge in [-0.25, -0.2) is 0 Å². The topological polar surface area (TPSA) is 0 Å². The number of hydrogen-bond acceptors (Lipinski definition) is 0. The Balaban J connectivity index is 0. The molecule has 0 atom stereocenters. The summed E-state index contributed by atoms with van der Waals surface area (Å²) in [7, 11) is 0. The molecule has 0 aromatic carbocycles. The van der Waals surface area contributed by atoms with Crippen molar-refractivity contribution >= 4 is 134 Å². The predicted molar refractivity (Wildman–Crippen MR) is 57.8 cm³/mol. The Hall–Kier alpha value is 4.39. The zero-order chi connectivity index (χ0) is 0. The monoisotopic (exact) mass is 457 g/mol. The molecule has 0 rings (SSSR count). The summed E-state index contributed by atoms with van der Waals surface area (Å²) in [5.74, 6) is 0. The van der Waals surface area contributed by atoms with Crippen molar-refractivity contribution in [1.29, 1.82) is 0 Å².